The molecule has 1 amide bonds. The maximum Gasteiger partial charge on any atom is 0.257 e. The number of imidazole rings is 1. The van der Waals surface area contributed by atoms with Crippen LogP contribution in [0, 0.1) is 12.7 Å². The molecule has 166 valence electrons. The molecule has 3 aromatic heterocycles. The molecule has 4 aromatic rings. The van der Waals surface area contributed by atoms with Gasteiger partial charge in [0.25, 0.3) is 5.91 Å². The minimum Gasteiger partial charge on any atom is -0.369 e. The average Bonchev–Trinajstić information content (AvgIpc) is 3.50. The third-order valence-electron chi connectivity index (χ3n) is 6.09. The average molecular weight is 436 g/mol. The van der Waals surface area contributed by atoms with Crippen LogP contribution in [-0.2, 0) is 6.54 Å². The van der Waals surface area contributed by atoms with Gasteiger partial charge in [0, 0.05) is 61.4 Å². The Morgan fingerprint density at radius 1 is 1.28 bits per heavy atom. The Kier molecular flexibility index (Phi) is 5.05. The number of nitrogens with zero attached hydrogens (tertiary/aromatic N) is 5. The Hall–Kier alpha value is -3.46. The third-order valence-corrected chi connectivity index (χ3v) is 6.09. The number of fused-ring (bicyclic) bond motifs is 2. The summed E-state index contributed by atoms with van der Waals surface area (Å²) in [6.07, 6.45) is 6.45. The first-order chi connectivity index (χ1) is 15.5. The van der Waals surface area contributed by atoms with E-state index in [1.54, 1.807) is 23.7 Å². The molecule has 0 radical (unpaired) electrons. The van der Waals surface area contributed by atoms with Gasteiger partial charge >= 0.3 is 0 Å². The van der Waals surface area contributed by atoms with Gasteiger partial charge in [0.15, 0.2) is 11.5 Å². The van der Waals surface area contributed by atoms with Gasteiger partial charge < -0.3 is 19.9 Å². The largest absolute Gasteiger partial charge is 0.369 e. The molecule has 9 heteroatoms. The van der Waals surface area contributed by atoms with E-state index in [9.17, 15) is 9.18 Å². The molecule has 8 nitrogen and oxygen atoms in total. The third kappa shape index (κ3) is 3.48. The number of likely N-dealkylation sites (N-methyl/N-ethyl adjacent to an activating group) is 1. The van der Waals surface area contributed by atoms with Gasteiger partial charge in [-0.1, -0.05) is 0 Å². The van der Waals surface area contributed by atoms with Crippen LogP contribution in [0.5, 0.6) is 0 Å². The van der Waals surface area contributed by atoms with Crippen molar-refractivity contribution >= 4 is 33.8 Å². The Labute approximate surface area is 185 Å². The van der Waals surface area contributed by atoms with E-state index in [2.05, 4.69) is 25.6 Å². The second kappa shape index (κ2) is 7.90. The topological polar surface area (TPSA) is 79.5 Å². The molecule has 1 aliphatic heterocycles. The zero-order chi connectivity index (χ0) is 22.4. The summed E-state index contributed by atoms with van der Waals surface area (Å²) in [4.78, 5) is 19.7. The van der Waals surface area contributed by atoms with Crippen molar-refractivity contribution in [2.45, 2.75) is 32.9 Å². The number of benzene rings is 1. The summed E-state index contributed by atoms with van der Waals surface area (Å²) < 4.78 is 17.9. The second-order valence-corrected chi connectivity index (χ2v) is 8.24. The number of nitrogens with one attached hydrogen (secondary N) is 2. The molecule has 5 rings (SSSR count). The first-order valence-corrected chi connectivity index (χ1v) is 10.9. The smallest absolute Gasteiger partial charge is 0.257 e. The summed E-state index contributed by atoms with van der Waals surface area (Å²) in [6, 6.07) is 5.53. The number of anilines is 2. The van der Waals surface area contributed by atoms with Crippen LogP contribution in [-0.4, -0.2) is 51.3 Å². The van der Waals surface area contributed by atoms with E-state index in [0.29, 0.717) is 35.0 Å². The van der Waals surface area contributed by atoms with Gasteiger partial charge in [0.2, 0.25) is 0 Å². The fourth-order valence-corrected chi connectivity index (χ4v) is 4.42. The summed E-state index contributed by atoms with van der Waals surface area (Å²) in [6.45, 7) is 6.39. The number of aryl methyl sites for hydroxylation is 2. The van der Waals surface area contributed by atoms with E-state index in [1.165, 1.54) is 6.07 Å². The lowest BCUT2D eigenvalue weighted by molar-refractivity contribution is 0.102. The van der Waals surface area contributed by atoms with Gasteiger partial charge in [-0.05, 0) is 39.4 Å². The zero-order valence-corrected chi connectivity index (χ0v) is 18.4. The zero-order valence-electron chi connectivity index (χ0n) is 18.4. The minimum absolute atomic E-state index is 0.236. The Morgan fingerprint density at radius 2 is 2.12 bits per heavy atom. The van der Waals surface area contributed by atoms with Crippen LogP contribution in [0.25, 0.3) is 16.6 Å². The predicted molar refractivity (Wildman–Crippen MR) is 123 cm³/mol. The molecule has 1 saturated heterocycles. The van der Waals surface area contributed by atoms with Crippen molar-refractivity contribution in [3.8, 4) is 0 Å². The molecular weight excluding hydrogens is 409 g/mol. The molecule has 4 heterocycles. The number of hydrogen-bond acceptors (Lipinski definition) is 5. The number of rotatable bonds is 5. The molecule has 1 fully saturated rings. The molecule has 0 saturated carbocycles. The predicted octanol–water partition coefficient (Wildman–Crippen LogP) is 3.20. The first kappa shape index (κ1) is 20.4. The first-order valence-electron chi connectivity index (χ1n) is 10.9. The number of carbonyl (C=O) groups is 1. The molecule has 0 aliphatic carbocycles. The number of halogens is 1. The van der Waals surface area contributed by atoms with Crippen molar-refractivity contribution < 1.29 is 9.18 Å². The van der Waals surface area contributed by atoms with E-state index in [0.717, 1.165) is 30.6 Å². The number of pyridine rings is 1. The summed E-state index contributed by atoms with van der Waals surface area (Å²) in [7, 11) is 1.98. The Morgan fingerprint density at radius 3 is 2.88 bits per heavy atom. The highest BCUT2D eigenvalue weighted by molar-refractivity contribution is 6.13. The van der Waals surface area contributed by atoms with Crippen molar-refractivity contribution in [3.05, 3.63) is 53.9 Å². The van der Waals surface area contributed by atoms with Crippen LogP contribution in [0.3, 0.4) is 0 Å². The number of carbonyl (C=O) groups excluding carboxylic acids is 1. The highest BCUT2D eigenvalue weighted by Gasteiger charge is 2.25. The number of hydrogen-bond donors (Lipinski definition) is 2. The van der Waals surface area contributed by atoms with Crippen molar-refractivity contribution in [2.24, 2.45) is 0 Å². The van der Waals surface area contributed by atoms with Crippen LogP contribution in [0.15, 0.2) is 36.8 Å². The SMILES string of the molecule is CCn1cc2c(N3CC[C@H](NC)C3)ccc(C(=O)Nc3cc(F)c4nc(C)cn4c3)c2n1. The van der Waals surface area contributed by atoms with Crippen LogP contribution >= 0.6 is 0 Å². The highest BCUT2D eigenvalue weighted by atomic mass is 19.1. The molecule has 2 N–H and O–H groups in total. The van der Waals surface area contributed by atoms with E-state index in [-0.39, 0.29) is 11.6 Å². The van der Waals surface area contributed by atoms with Gasteiger partial charge in [-0.3, -0.25) is 9.48 Å². The number of amides is 1. The molecule has 0 spiro atoms. The number of aromatic nitrogens is 4. The normalized spacial score (nSPS) is 16.4. The van der Waals surface area contributed by atoms with E-state index in [4.69, 9.17) is 0 Å². The summed E-state index contributed by atoms with van der Waals surface area (Å²) in [5.74, 6) is -0.812. The monoisotopic (exact) mass is 435 g/mol. The van der Waals surface area contributed by atoms with Crippen LogP contribution in [0.1, 0.15) is 29.4 Å². The fraction of sp³-hybridized carbons (Fsp3) is 0.348. The molecule has 1 aromatic carbocycles. The standard InChI is InChI=1S/C23H26FN7O/c1-4-31-13-18-20(29-8-7-15(11-29)25-3)6-5-17(21(18)28-31)23(32)27-16-9-19(24)22-26-14(2)10-30(22)12-16/h5-6,9-10,12-13,15,25H,4,7-8,11H2,1-3H3,(H,27,32)/t15-/m0/s1. The van der Waals surface area contributed by atoms with Crippen molar-refractivity contribution in [1.29, 1.82) is 0 Å². The second-order valence-electron chi connectivity index (χ2n) is 8.24. The van der Waals surface area contributed by atoms with Gasteiger partial charge in [0.1, 0.15) is 5.52 Å². The Bertz CT molecular complexity index is 1330. The van der Waals surface area contributed by atoms with Crippen molar-refractivity contribution in [2.75, 3.05) is 30.4 Å². The lowest BCUT2D eigenvalue weighted by Crippen LogP contribution is -2.29. The van der Waals surface area contributed by atoms with Gasteiger partial charge in [-0.2, -0.15) is 5.10 Å². The van der Waals surface area contributed by atoms with Crippen LogP contribution < -0.4 is 15.5 Å². The fourth-order valence-electron chi connectivity index (χ4n) is 4.42. The van der Waals surface area contributed by atoms with Gasteiger partial charge in [-0.25, -0.2) is 9.37 Å². The summed E-state index contributed by atoms with van der Waals surface area (Å²) in [5.41, 5.74) is 3.49. The van der Waals surface area contributed by atoms with Gasteiger partial charge in [0.05, 0.1) is 16.9 Å². The molecule has 0 unspecified atom stereocenters. The van der Waals surface area contributed by atoms with Gasteiger partial charge in [-0.15, -0.1) is 0 Å². The molecule has 0 bridgehead atoms. The molecular formula is C23H26FN7O. The highest BCUT2D eigenvalue weighted by Crippen LogP contribution is 2.32. The molecule has 32 heavy (non-hydrogen) atoms. The summed E-state index contributed by atoms with van der Waals surface area (Å²) >= 11 is 0. The van der Waals surface area contributed by atoms with E-state index in [1.807, 2.05) is 37.0 Å². The lowest BCUT2D eigenvalue weighted by atomic mass is 10.1. The summed E-state index contributed by atoms with van der Waals surface area (Å²) in [5, 5.41) is 11.8. The lowest BCUT2D eigenvalue weighted by Gasteiger charge is -2.20. The van der Waals surface area contributed by atoms with Crippen LogP contribution in [0.4, 0.5) is 15.8 Å². The molecule has 1 atom stereocenters. The minimum atomic E-state index is -0.486. The maximum absolute atomic E-state index is 14.4. The molecule has 1 aliphatic rings. The van der Waals surface area contributed by atoms with Crippen molar-refractivity contribution in [3.63, 3.8) is 0 Å². The van der Waals surface area contributed by atoms with Crippen molar-refractivity contribution in [1.82, 2.24) is 24.5 Å². The van der Waals surface area contributed by atoms with E-state index < -0.39 is 5.82 Å². The van der Waals surface area contributed by atoms with Crippen LogP contribution in [0.2, 0.25) is 0 Å². The Balaban J connectivity index is 1.50. The quantitative estimate of drug-likeness (QED) is 0.503. The maximum atomic E-state index is 14.4. The van der Waals surface area contributed by atoms with E-state index >= 15 is 0 Å².